The second kappa shape index (κ2) is 7.32. The molecule has 0 aromatic heterocycles. The first-order valence-corrected chi connectivity index (χ1v) is 7.88. The molecule has 1 unspecified atom stereocenters. The van der Waals surface area contributed by atoms with Gasteiger partial charge in [0.05, 0.1) is 5.56 Å². The minimum absolute atomic E-state index is 0.179. The second-order valence-corrected chi connectivity index (χ2v) is 5.57. The Morgan fingerprint density at radius 3 is 2.80 bits per heavy atom. The summed E-state index contributed by atoms with van der Waals surface area (Å²) in [6, 6.07) is 7.84. The predicted octanol–water partition coefficient (Wildman–Crippen LogP) is 3.77. The van der Waals surface area contributed by atoms with Crippen molar-refractivity contribution in [3.63, 3.8) is 0 Å². The maximum atomic E-state index is 12.7. The van der Waals surface area contributed by atoms with E-state index in [0.717, 1.165) is 49.6 Å². The number of hydrogen-bond donors (Lipinski definition) is 1. The normalized spacial score (nSPS) is 19.5. The maximum Gasteiger partial charge on any atom is 0.255 e. The molecule has 1 atom stereocenters. The molecule has 1 aliphatic heterocycles. The van der Waals surface area contributed by atoms with E-state index >= 15 is 0 Å². The maximum absolute atomic E-state index is 12.7. The van der Waals surface area contributed by atoms with Gasteiger partial charge < -0.3 is 10.2 Å². The molecular formula is C17H26N2O. The van der Waals surface area contributed by atoms with Crippen LogP contribution in [0.5, 0.6) is 0 Å². The summed E-state index contributed by atoms with van der Waals surface area (Å²) in [6.45, 7) is 6.94. The van der Waals surface area contributed by atoms with Crippen LogP contribution in [0.3, 0.4) is 0 Å². The van der Waals surface area contributed by atoms with Crippen LogP contribution in [0.25, 0.3) is 0 Å². The van der Waals surface area contributed by atoms with Crippen molar-refractivity contribution >= 4 is 11.6 Å². The quantitative estimate of drug-likeness (QED) is 0.906. The molecule has 20 heavy (non-hydrogen) atoms. The fraction of sp³-hybridized carbons (Fsp3) is 0.588. The second-order valence-electron chi connectivity index (χ2n) is 5.57. The van der Waals surface area contributed by atoms with Crippen LogP contribution in [0.2, 0.25) is 0 Å². The highest BCUT2D eigenvalue weighted by atomic mass is 16.2. The number of nitrogens with one attached hydrogen (secondary N) is 1. The molecule has 110 valence electrons. The summed E-state index contributed by atoms with van der Waals surface area (Å²) >= 11 is 0. The van der Waals surface area contributed by atoms with Gasteiger partial charge in [0, 0.05) is 25.3 Å². The number of carbonyl (C=O) groups is 1. The summed E-state index contributed by atoms with van der Waals surface area (Å²) in [7, 11) is 0. The van der Waals surface area contributed by atoms with Gasteiger partial charge in [-0.1, -0.05) is 25.5 Å². The van der Waals surface area contributed by atoms with Gasteiger partial charge in [0.1, 0.15) is 0 Å². The number of carbonyl (C=O) groups excluding carboxylic acids is 1. The Hall–Kier alpha value is -1.51. The van der Waals surface area contributed by atoms with Crippen LogP contribution < -0.4 is 5.32 Å². The molecule has 1 aromatic rings. The van der Waals surface area contributed by atoms with E-state index in [1.54, 1.807) is 0 Å². The lowest BCUT2D eigenvalue weighted by atomic mass is 9.98. The minimum atomic E-state index is 0.179. The fourth-order valence-electron chi connectivity index (χ4n) is 2.96. The van der Waals surface area contributed by atoms with Gasteiger partial charge in [-0.25, -0.2) is 0 Å². The predicted molar refractivity (Wildman–Crippen MR) is 84.1 cm³/mol. The topological polar surface area (TPSA) is 32.3 Å². The zero-order valence-electron chi connectivity index (χ0n) is 12.7. The number of likely N-dealkylation sites (tertiary alicyclic amines) is 1. The van der Waals surface area contributed by atoms with Crippen molar-refractivity contribution in [1.29, 1.82) is 0 Å². The molecule has 0 bridgehead atoms. The van der Waals surface area contributed by atoms with Crippen LogP contribution >= 0.6 is 0 Å². The van der Waals surface area contributed by atoms with E-state index in [9.17, 15) is 4.79 Å². The van der Waals surface area contributed by atoms with Gasteiger partial charge in [-0.05, 0) is 44.2 Å². The summed E-state index contributed by atoms with van der Waals surface area (Å²) in [5.41, 5.74) is 1.76. The first-order chi connectivity index (χ1) is 9.76. The molecule has 0 aliphatic carbocycles. The smallest absolute Gasteiger partial charge is 0.255 e. The Morgan fingerprint density at radius 1 is 1.25 bits per heavy atom. The van der Waals surface area contributed by atoms with E-state index in [2.05, 4.69) is 19.2 Å². The van der Waals surface area contributed by atoms with Crippen molar-refractivity contribution < 1.29 is 4.79 Å². The largest absolute Gasteiger partial charge is 0.385 e. The molecule has 1 saturated heterocycles. The number of hydrogen-bond acceptors (Lipinski definition) is 2. The molecule has 2 rings (SSSR count). The molecule has 1 aromatic carbocycles. The van der Waals surface area contributed by atoms with Crippen LogP contribution in [0.15, 0.2) is 24.3 Å². The Kier molecular flexibility index (Phi) is 5.45. The van der Waals surface area contributed by atoms with E-state index in [-0.39, 0.29) is 5.91 Å². The van der Waals surface area contributed by atoms with Crippen LogP contribution in [-0.2, 0) is 0 Å². The summed E-state index contributed by atoms with van der Waals surface area (Å²) in [5, 5.41) is 3.28. The molecule has 0 spiro atoms. The molecule has 1 amide bonds. The Balaban J connectivity index is 2.10. The third kappa shape index (κ3) is 3.53. The highest BCUT2D eigenvalue weighted by Crippen LogP contribution is 2.23. The van der Waals surface area contributed by atoms with Crippen molar-refractivity contribution in [2.75, 3.05) is 25.0 Å². The van der Waals surface area contributed by atoms with Gasteiger partial charge in [0.15, 0.2) is 0 Å². The van der Waals surface area contributed by atoms with Gasteiger partial charge in [0.2, 0.25) is 0 Å². The third-order valence-electron chi connectivity index (χ3n) is 4.24. The SMILES string of the molecule is CCNc1ccccc1C(=O)N1CCCC(CC)CC1. The Labute approximate surface area is 122 Å². The van der Waals surface area contributed by atoms with E-state index in [4.69, 9.17) is 0 Å². The molecule has 1 fully saturated rings. The van der Waals surface area contributed by atoms with Crippen molar-refractivity contribution in [2.24, 2.45) is 5.92 Å². The van der Waals surface area contributed by atoms with Crippen molar-refractivity contribution in [1.82, 2.24) is 4.90 Å². The van der Waals surface area contributed by atoms with Crippen molar-refractivity contribution in [3.8, 4) is 0 Å². The van der Waals surface area contributed by atoms with Crippen LogP contribution in [0.4, 0.5) is 5.69 Å². The Bertz CT molecular complexity index is 444. The Morgan fingerprint density at radius 2 is 2.05 bits per heavy atom. The number of anilines is 1. The van der Waals surface area contributed by atoms with E-state index in [0.29, 0.717) is 0 Å². The van der Waals surface area contributed by atoms with Gasteiger partial charge in [-0.2, -0.15) is 0 Å². The lowest BCUT2D eigenvalue weighted by molar-refractivity contribution is 0.0761. The van der Waals surface area contributed by atoms with E-state index < -0.39 is 0 Å². The van der Waals surface area contributed by atoms with Crippen molar-refractivity contribution in [3.05, 3.63) is 29.8 Å². The molecular weight excluding hydrogens is 248 g/mol. The molecule has 1 heterocycles. The first-order valence-electron chi connectivity index (χ1n) is 7.88. The lowest BCUT2D eigenvalue weighted by Crippen LogP contribution is -2.32. The van der Waals surface area contributed by atoms with Gasteiger partial charge in [0.25, 0.3) is 5.91 Å². The average molecular weight is 274 g/mol. The zero-order chi connectivity index (χ0) is 14.4. The highest BCUT2D eigenvalue weighted by Gasteiger charge is 2.22. The monoisotopic (exact) mass is 274 g/mol. The summed E-state index contributed by atoms with van der Waals surface area (Å²) < 4.78 is 0. The summed E-state index contributed by atoms with van der Waals surface area (Å²) in [4.78, 5) is 14.8. The number of nitrogens with zero attached hydrogens (tertiary/aromatic N) is 1. The van der Waals surface area contributed by atoms with Crippen LogP contribution in [0.1, 0.15) is 49.9 Å². The third-order valence-corrected chi connectivity index (χ3v) is 4.24. The number of para-hydroxylation sites is 1. The highest BCUT2D eigenvalue weighted by molar-refractivity contribution is 5.99. The molecule has 3 nitrogen and oxygen atoms in total. The van der Waals surface area contributed by atoms with Gasteiger partial charge in [-0.15, -0.1) is 0 Å². The van der Waals surface area contributed by atoms with E-state index in [1.165, 1.54) is 12.8 Å². The van der Waals surface area contributed by atoms with Crippen molar-refractivity contribution in [2.45, 2.75) is 39.5 Å². The van der Waals surface area contributed by atoms with E-state index in [1.807, 2.05) is 29.2 Å². The number of rotatable bonds is 4. The summed E-state index contributed by atoms with van der Waals surface area (Å²) in [6.07, 6.45) is 4.77. The number of benzene rings is 1. The average Bonchev–Trinajstić information content (AvgIpc) is 2.73. The standard InChI is InChI=1S/C17H26N2O/c1-3-14-8-7-12-19(13-11-14)17(20)15-9-5-6-10-16(15)18-4-2/h5-6,9-10,14,18H,3-4,7-8,11-13H2,1-2H3. The molecule has 0 radical (unpaired) electrons. The number of amides is 1. The fourth-order valence-corrected chi connectivity index (χ4v) is 2.96. The summed E-state index contributed by atoms with van der Waals surface area (Å²) in [5.74, 6) is 0.968. The van der Waals surface area contributed by atoms with Crippen LogP contribution in [-0.4, -0.2) is 30.4 Å². The zero-order valence-corrected chi connectivity index (χ0v) is 12.7. The first kappa shape index (κ1) is 14.9. The molecule has 1 N–H and O–H groups in total. The minimum Gasteiger partial charge on any atom is -0.385 e. The van der Waals surface area contributed by atoms with Crippen LogP contribution in [0, 0.1) is 5.92 Å². The van der Waals surface area contributed by atoms with Gasteiger partial charge >= 0.3 is 0 Å². The van der Waals surface area contributed by atoms with Gasteiger partial charge in [-0.3, -0.25) is 4.79 Å². The molecule has 3 heteroatoms. The molecule has 0 saturated carbocycles. The molecule has 1 aliphatic rings. The lowest BCUT2D eigenvalue weighted by Gasteiger charge is -2.22.